The molecule has 6 heteroatoms. The molecule has 0 heterocycles. The summed E-state index contributed by atoms with van der Waals surface area (Å²) in [5.41, 5.74) is 0.848. The molecule has 92 valence electrons. The molecule has 0 saturated carbocycles. The average molecular weight is 317 g/mol. The van der Waals surface area contributed by atoms with E-state index >= 15 is 0 Å². The number of nitrogens with one attached hydrogen (secondary N) is 2. The van der Waals surface area contributed by atoms with Crippen LogP contribution in [0.25, 0.3) is 0 Å². The van der Waals surface area contributed by atoms with Crippen molar-refractivity contribution in [3.63, 3.8) is 0 Å². The number of esters is 1. The smallest absolute Gasteiger partial charge is 0.325 e. The van der Waals surface area contributed by atoms with Crippen LogP contribution in [0.5, 0.6) is 0 Å². The Morgan fingerprint density at radius 1 is 1.53 bits per heavy atom. The second-order valence-corrected chi connectivity index (χ2v) is 4.45. The summed E-state index contributed by atoms with van der Waals surface area (Å²) in [7, 11) is 0. The molecule has 1 rings (SSSR count). The Bertz CT molecular complexity index is 412. The number of thiocarbonyl (C=S) groups is 1. The maximum atomic E-state index is 11.1. The van der Waals surface area contributed by atoms with Crippen LogP contribution in [0.3, 0.4) is 0 Å². The number of rotatable bonds is 4. The van der Waals surface area contributed by atoms with Gasteiger partial charge in [-0.3, -0.25) is 4.79 Å². The first-order valence-corrected chi connectivity index (χ1v) is 6.28. The third-order valence-electron chi connectivity index (χ3n) is 1.78. The van der Waals surface area contributed by atoms with Crippen molar-refractivity contribution in [1.82, 2.24) is 5.32 Å². The van der Waals surface area contributed by atoms with E-state index in [1.807, 2.05) is 24.3 Å². The SMILES string of the molecule is CCOC(=O)CNC(=S)Nc1cccc(Br)c1. The van der Waals surface area contributed by atoms with Gasteiger partial charge in [0, 0.05) is 10.2 Å². The van der Waals surface area contributed by atoms with E-state index in [0.717, 1.165) is 10.2 Å². The van der Waals surface area contributed by atoms with Gasteiger partial charge in [-0.25, -0.2) is 0 Å². The molecule has 0 unspecified atom stereocenters. The number of carbonyl (C=O) groups excluding carboxylic acids is 1. The van der Waals surface area contributed by atoms with Gasteiger partial charge in [0.15, 0.2) is 5.11 Å². The zero-order valence-corrected chi connectivity index (χ0v) is 11.7. The summed E-state index contributed by atoms with van der Waals surface area (Å²) < 4.78 is 5.72. The summed E-state index contributed by atoms with van der Waals surface area (Å²) >= 11 is 8.39. The minimum absolute atomic E-state index is 0.0632. The largest absolute Gasteiger partial charge is 0.465 e. The van der Waals surface area contributed by atoms with E-state index in [2.05, 4.69) is 26.6 Å². The van der Waals surface area contributed by atoms with Crippen LogP contribution in [0.4, 0.5) is 5.69 Å². The molecule has 17 heavy (non-hydrogen) atoms. The molecular formula is C11H13BrN2O2S. The second kappa shape index (κ2) is 7.24. The van der Waals surface area contributed by atoms with Crippen LogP contribution in [0.2, 0.25) is 0 Å². The summed E-state index contributed by atoms with van der Waals surface area (Å²) in [6.45, 7) is 2.19. The van der Waals surface area contributed by atoms with Crippen molar-refractivity contribution in [3.05, 3.63) is 28.7 Å². The molecule has 0 bridgehead atoms. The molecule has 0 atom stereocenters. The van der Waals surface area contributed by atoms with Crippen molar-refractivity contribution in [2.75, 3.05) is 18.5 Å². The van der Waals surface area contributed by atoms with Crippen LogP contribution in [0.1, 0.15) is 6.92 Å². The molecule has 0 aliphatic carbocycles. The first-order valence-electron chi connectivity index (χ1n) is 5.08. The molecule has 2 N–H and O–H groups in total. The number of anilines is 1. The van der Waals surface area contributed by atoms with Crippen molar-refractivity contribution >= 4 is 44.9 Å². The summed E-state index contributed by atoms with van der Waals surface area (Å²) in [4.78, 5) is 11.1. The van der Waals surface area contributed by atoms with E-state index in [4.69, 9.17) is 17.0 Å². The van der Waals surface area contributed by atoms with Crippen LogP contribution in [0.15, 0.2) is 28.7 Å². The number of halogens is 1. The lowest BCUT2D eigenvalue weighted by molar-refractivity contribution is -0.141. The molecule has 0 spiro atoms. The molecule has 1 aromatic carbocycles. The zero-order valence-electron chi connectivity index (χ0n) is 9.33. The molecule has 0 aromatic heterocycles. The van der Waals surface area contributed by atoms with E-state index < -0.39 is 0 Å². The monoisotopic (exact) mass is 316 g/mol. The van der Waals surface area contributed by atoms with E-state index in [1.54, 1.807) is 6.92 Å². The van der Waals surface area contributed by atoms with Gasteiger partial charge < -0.3 is 15.4 Å². The minimum atomic E-state index is -0.328. The van der Waals surface area contributed by atoms with Gasteiger partial charge in [-0.1, -0.05) is 22.0 Å². The van der Waals surface area contributed by atoms with Gasteiger partial charge in [-0.2, -0.15) is 0 Å². The van der Waals surface area contributed by atoms with Gasteiger partial charge >= 0.3 is 5.97 Å². The standard InChI is InChI=1S/C11H13BrN2O2S/c1-2-16-10(15)7-13-11(17)14-9-5-3-4-8(12)6-9/h3-6H,2,7H2,1H3,(H2,13,14,17). The lowest BCUT2D eigenvalue weighted by Gasteiger charge is -2.10. The summed E-state index contributed by atoms with van der Waals surface area (Å²) in [5.74, 6) is -0.328. The maximum Gasteiger partial charge on any atom is 0.325 e. The van der Waals surface area contributed by atoms with Crippen molar-refractivity contribution < 1.29 is 9.53 Å². The Morgan fingerprint density at radius 2 is 2.29 bits per heavy atom. The third kappa shape index (κ3) is 5.65. The first-order chi connectivity index (χ1) is 8.11. The molecule has 4 nitrogen and oxygen atoms in total. The molecular weight excluding hydrogens is 304 g/mol. The van der Waals surface area contributed by atoms with Gasteiger partial charge in [0.2, 0.25) is 0 Å². The van der Waals surface area contributed by atoms with Crippen LogP contribution < -0.4 is 10.6 Å². The molecule has 0 aliphatic rings. The normalized spacial score (nSPS) is 9.53. The van der Waals surface area contributed by atoms with Crippen molar-refractivity contribution in [1.29, 1.82) is 0 Å². The van der Waals surface area contributed by atoms with Crippen molar-refractivity contribution in [2.24, 2.45) is 0 Å². The molecule has 0 saturated heterocycles. The summed E-state index contributed by atoms with van der Waals surface area (Å²) in [6, 6.07) is 7.57. The Labute approximate surface area is 114 Å². The van der Waals surface area contributed by atoms with Gasteiger partial charge in [0.25, 0.3) is 0 Å². The summed E-state index contributed by atoms with van der Waals surface area (Å²) in [5, 5.41) is 6.11. The highest BCUT2D eigenvalue weighted by Crippen LogP contribution is 2.15. The van der Waals surface area contributed by atoms with Crippen LogP contribution in [0, 0.1) is 0 Å². The topological polar surface area (TPSA) is 50.4 Å². The van der Waals surface area contributed by atoms with E-state index in [1.165, 1.54) is 0 Å². The third-order valence-corrected chi connectivity index (χ3v) is 2.52. The highest BCUT2D eigenvalue weighted by Gasteiger charge is 2.03. The Morgan fingerprint density at radius 3 is 2.94 bits per heavy atom. The van der Waals surface area contributed by atoms with Gasteiger partial charge in [-0.05, 0) is 37.3 Å². The lowest BCUT2D eigenvalue weighted by Crippen LogP contribution is -2.33. The maximum absolute atomic E-state index is 11.1. The number of benzene rings is 1. The van der Waals surface area contributed by atoms with Gasteiger partial charge in [0.1, 0.15) is 6.54 Å². The quantitative estimate of drug-likeness (QED) is 0.659. The number of ether oxygens (including phenoxy) is 1. The van der Waals surface area contributed by atoms with Crippen molar-refractivity contribution in [3.8, 4) is 0 Å². The van der Waals surface area contributed by atoms with Crippen LogP contribution >= 0.6 is 28.1 Å². The fraction of sp³-hybridized carbons (Fsp3) is 0.273. The van der Waals surface area contributed by atoms with Gasteiger partial charge in [0.05, 0.1) is 6.61 Å². The fourth-order valence-corrected chi connectivity index (χ4v) is 1.70. The van der Waals surface area contributed by atoms with Gasteiger partial charge in [-0.15, -0.1) is 0 Å². The molecule has 0 fully saturated rings. The first kappa shape index (κ1) is 13.9. The summed E-state index contributed by atoms with van der Waals surface area (Å²) in [6.07, 6.45) is 0. The Balaban J connectivity index is 2.37. The number of hydrogen-bond donors (Lipinski definition) is 2. The van der Waals surface area contributed by atoms with Crippen molar-refractivity contribution in [2.45, 2.75) is 6.92 Å². The minimum Gasteiger partial charge on any atom is -0.465 e. The molecule has 0 amide bonds. The second-order valence-electron chi connectivity index (χ2n) is 3.12. The van der Waals surface area contributed by atoms with E-state index in [0.29, 0.717) is 11.7 Å². The van der Waals surface area contributed by atoms with Crippen LogP contribution in [-0.2, 0) is 9.53 Å². The Kier molecular flexibility index (Phi) is 5.93. The van der Waals surface area contributed by atoms with E-state index in [9.17, 15) is 4.79 Å². The predicted molar refractivity (Wildman–Crippen MR) is 75.0 cm³/mol. The Hall–Kier alpha value is -1.14. The lowest BCUT2D eigenvalue weighted by atomic mass is 10.3. The van der Waals surface area contributed by atoms with E-state index in [-0.39, 0.29) is 12.5 Å². The number of carbonyl (C=O) groups is 1. The highest BCUT2D eigenvalue weighted by molar-refractivity contribution is 9.10. The predicted octanol–water partition coefficient (Wildman–Crippen LogP) is 2.30. The molecule has 1 aromatic rings. The van der Waals surface area contributed by atoms with Crippen LogP contribution in [-0.4, -0.2) is 24.2 Å². The molecule has 0 aliphatic heterocycles. The zero-order chi connectivity index (χ0) is 12.7. The molecule has 0 radical (unpaired) electrons. The fourth-order valence-electron chi connectivity index (χ4n) is 1.11. The highest BCUT2D eigenvalue weighted by atomic mass is 79.9. The average Bonchev–Trinajstić information content (AvgIpc) is 2.27. The number of hydrogen-bond acceptors (Lipinski definition) is 3.